The van der Waals surface area contributed by atoms with Crippen LogP contribution in [0, 0.1) is 0 Å². The molecule has 0 aromatic carbocycles. The summed E-state index contributed by atoms with van der Waals surface area (Å²) >= 11 is 0. The maximum absolute atomic E-state index is 12.4. The molecule has 2 atom stereocenters. The van der Waals surface area contributed by atoms with Crippen LogP contribution in [0.2, 0.25) is 0 Å². The number of allylic oxidation sites excluding steroid dienone is 2. The summed E-state index contributed by atoms with van der Waals surface area (Å²) in [4.78, 5) is 24.4. The minimum absolute atomic E-state index is 0.00890. The van der Waals surface area contributed by atoms with Crippen LogP contribution < -0.4 is 5.32 Å². The largest absolute Gasteiger partial charge is 0.466 e. The maximum Gasteiger partial charge on any atom is 0.305 e. The molecular weight excluding hydrogens is 743 g/mol. The fraction of sp³-hybridized carbons (Fsp3) is 0.926. The molecule has 0 aliphatic carbocycles. The van der Waals surface area contributed by atoms with Crippen LogP contribution >= 0.6 is 0 Å². The summed E-state index contributed by atoms with van der Waals surface area (Å²) in [7, 11) is 0. The maximum atomic E-state index is 12.4. The number of rotatable bonds is 50. The second-order valence-electron chi connectivity index (χ2n) is 18.6. The lowest BCUT2D eigenvalue weighted by atomic mass is 10.0. The Morgan fingerprint density at radius 1 is 0.450 bits per heavy atom. The average molecular weight is 848 g/mol. The van der Waals surface area contributed by atoms with Gasteiger partial charge in [0.2, 0.25) is 5.91 Å². The van der Waals surface area contributed by atoms with E-state index in [0.29, 0.717) is 25.9 Å². The van der Waals surface area contributed by atoms with E-state index in [-0.39, 0.29) is 18.5 Å². The van der Waals surface area contributed by atoms with Crippen molar-refractivity contribution in [1.82, 2.24) is 5.32 Å². The van der Waals surface area contributed by atoms with Gasteiger partial charge in [-0.25, -0.2) is 0 Å². The number of carbonyl (C=O) groups is 2. The number of esters is 1. The predicted octanol–water partition coefficient (Wildman–Crippen LogP) is 16.1. The van der Waals surface area contributed by atoms with Crippen molar-refractivity contribution in [2.75, 3.05) is 13.2 Å². The SMILES string of the molecule is CCCCCCCCCCCCCCC(=O)OCCCCCCCCCCCC/C=C\CCCCCCCCCC(=O)NC(CO)C(O)CCCCCCCCCCCC. The molecule has 0 heterocycles. The van der Waals surface area contributed by atoms with Gasteiger partial charge in [-0.15, -0.1) is 0 Å². The third kappa shape index (κ3) is 46.1. The second kappa shape index (κ2) is 50.2. The van der Waals surface area contributed by atoms with Crippen LogP contribution in [0.25, 0.3) is 0 Å². The molecule has 0 saturated heterocycles. The molecule has 0 radical (unpaired) electrons. The number of carbonyl (C=O) groups excluding carboxylic acids is 2. The normalized spacial score (nSPS) is 12.7. The van der Waals surface area contributed by atoms with Crippen LogP contribution in [-0.4, -0.2) is 47.4 Å². The first kappa shape index (κ1) is 58.6. The molecule has 0 saturated carbocycles. The molecule has 0 fully saturated rings. The zero-order valence-corrected chi connectivity index (χ0v) is 40.5. The fourth-order valence-corrected chi connectivity index (χ4v) is 8.40. The highest BCUT2D eigenvalue weighted by atomic mass is 16.5. The number of hydrogen-bond donors (Lipinski definition) is 3. The summed E-state index contributed by atoms with van der Waals surface area (Å²) < 4.78 is 5.46. The molecule has 2 unspecified atom stereocenters. The summed E-state index contributed by atoms with van der Waals surface area (Å²) in [6.45, 7) is 4.93. The van der Waals surface area contributed by atoms with Gasteiger partial charge < -0.3 is 20.3 Å². The van der Waals surface area contributed by atoms with E-state index < -0.39 is 12.1 Å². The van der Waals surface area contributed by atoms with Gasteiger partial charge in [-0.05, 0) is 51.4 Å². The average Bonchev–Trinajstić information content (AvgIpc) is 3.25. The van der Waals surface area contributed by atoms with E-state index in [2.05, 4.69) is 31.3 Å². The summed E-state index contributed by atoms with van der Waals surface area (Å²) in [5.74, 6) is -0.0350. The van der Waals surface area contributed by atoms with Crippen molar-refractivity contribution in [3.05, 3.63) is 12.2 Å². The van der Waals surface area contributed by atoms with E-state index in [0.717, 1.165) is 38.5 Å². The van der Waals surface area contributed by atoms with Gasteiger partial charge in [0.05, 0.1) is 25.4 Å². The Kier molecular flexibility index (Phi) is 49.1. The van der Waals surface area contributed by atoms with Gasteiger partial charge in [0.25, 0.3) is 0 Å². The quantitative estimate of drug-likeness (QED) is 0.0322. The zero-order chi connectivity index (χ0) is 43.7. The van der Waals surface area contributed by atoms with Gasteiger partial charge in [-0.3, -0.25) is 9.59 Å². The fourth-order valence-electron chi connectivity index (χ4n) is 8.40. The van der Waals surface area contributed by atoms with Gasteiger partial charge in [-0.2, -0.15) is 0 Å². The van der Waals surface area contributed by atoms with Crippen molar-refractivity contribution in [2.45, 2.75) is 309 Å². The molecule has 1 amide bonds. The summed E-state index contributed by atoms with van der Waals surface area (Å²) in [6.07, 6.45) is 57.7. The molecule has 0 bridgehead atoms. The van der Waals surface area contributed by atoms with Crippen LogP contribution in [0.1, 0.15) is 296 Å². The number of amides is 1. The van der Waals surface area contributed by atoms with E-state index >= 15 is 0 Å². The predicted molar refractivity (Wildman–Crippen MR) is 260 cm³/mol. The van der Waals surface area contributed by atoms with Crippen LogP contribution in [0.4, 0.5) is 0 Å². The van der Waals surface area contributed by atoms with Gasteiger partial charge in [0, 0.05) is 12.8 Å². The highest BCUT2D eigenvalue weighted by molar-refractivity contribution is 5.76. The number of nitrogens with one attached hydrogen (secondary N) is 1. The van der Waals surface area contributed by atoms with Crippen molar-refractivity contribution in [3.8, 4) is 0 Å². The molecule has 0 aromatic rings. The number of aliphatic hydroxyl groups is 2. The molecule has 0 aliphatic rings. The molecule has 0 aromatic heterocycles. The van der Waals surface area contributed by atoms with Gasteiger partial charge in [0.1, 0.15) is 0 Å². The summed E-state index contributed by atoms with van der Waals surface area (Å²) in [6, 6.07) is -0.544. The number of hydrogen-bond acceptors (Lipinski definition) is 5. The van der Waals surface area contributed by atoms with E-state index in [1.54, 1.807) is 0 Å². The van der Waals surface area contributed by atoms with Gasteiger partial charge >= 0.3 is 5.97 Å². The highest BCUT2D eigenvalue weighted by Gasteiger charge is 2.20. The van der Waals surface area contributed by atoms with Crippen molar-refractivity contribution < 1.29 is 24.5 Å². The van der Waals surface area contributed by atoms with Crippen molar-refractivity contribution in [2.24, 2.45) is 0 Å². The topological polar surface area (TPSA) is 95.9 Å². The molecule has 0 aliphatic heterocycles. The Bertz CT molecular complexity index is 893. The number of unbranched alkanes of at least 4 members (excludes halogenated alkanes) is 37. The Balaban J connectivity index is 3.40. The van der Waals surface area contributed by atoms with E-state index in [1.165, 1.54) is 225 Å². The van der Waals surface area contributed by atoms with Crippen LogP contribution in [-0.2, 0) is 14.3 Å². The van der Waals surface area contributed by atoms with E-state index in [9.17, 15) is 19.8 Å². The first-order chi connectivity index (χ1) is 29.5. The third-order valence-corrected chi connectivity index (χ3v) is 12.6. The van der Waals surface area contributed by atoms with Gasteiger partial charge in [0.15, 0.2) is 0 Å². The number of ether oxygens (including phenoxy) is 1. The molecule has 6 heteroatoms. The van der Waals surface area contributed by atoms with Gasteiger partial charge in [-0.1, -0.05) is 244 Å². The molecule has 0 spiro atoms. The Morgan fingerprint density at radius 2 is 0.783 bits per heavy atom. The Labute approximate surface area is 374 Å². The van der Waals surface area contributed by atoms with E-state index in [4.69, 9.17) is 4.74 Å². The highest BCUT2D eigenvalue weighted by Crippen LogP contribution is 2.16. The third-order valence-electron chi connectivity index (χ3n) is 12.6. The van der Waals surface area contributed by atoms with Crippen LogP contribution in [0.5, 0.6) is 0 Å². The summed E-state index contributed by atoms with van der Waals surface area (Å²) in [5.41, 5.74) is 0. The van der Waals surface area contributed by atoms with Crippen molar-refractivity contribution in [3.63, 3.8) is 0 Å². The lowest BCUT2D eigenvalue weighted by molar-refractivity contribution is -0.143. The molecule has 60 heavy (non-hydrogen) atoms. The van der Waals surface area contributed by atoms with Crippen molar-refractivity contribution >= 4 is 11.9 Å². The molecule has 0 rings (SSSR count). The summed E-state index contributed by atoms with van der Waals surface area (Å²) in [5, 5.41) is 23.1. The Hall–Kier alpha value is -1.40. The lowest BCUT2D eigenvalue weighted by Gasteiger charge is -2.22. The molecular formula is C54H105NO5. The first-order valence-corrected chi connectivity index (χ1v) is 26.9. The Morgan fingerprint density at radius 3 is 1.18 bits per heavy atom. The minimum atomic E-state index is -0.666. The molecule has 3 N–H and O–H groups in total. The molecule has 6 nitrogen and oxygen atoms in total. The monoisotopic (exact) mass is 848 g/mol. The first-order valence-electron chi connectivity index (χ1n) is 26.9. The second-order valence-corrected chi connectivity index (χ2v) is 18.6. The van der Waals surface area contributed by atoms with E-state index in [1.807, 2.05) is 0 Å². The minimum Gasteiger partial charge on any atom is -0.466 e. The smallest absolute Gasteiger partial charge is 0.305 e. The van der Waals surface area contributed by atoms with Crippen LogP contribution in [0.15, 0.2) is 12.2 Å². The van der Waals surface area contributed by atoms with Crippen molar-refractivity contribution in [1.29, 1.82) is 0 Å². The number of aliphatic hydroxyl groups excluding tert-OH is 2. The lowest BCUT2D eigenvalue weighted by Crippen LogP contribution is -2.45. The zero-order valence-electron chi connectivity index (χ0n) is 40.5. The molecule has 356 valence electrons. The van der Waals surface area contributed by atoms with Crippen LogP contribution in [0.3, 0.4) is 0 Å². The standard InChI is InChI=1S/C54H105NO5/c1-3-5-7-9-11-13-15-28-32-36-40-44-48-54(59)60-49-45-41-37-33-29-26-24-22-20-18-16-17-19-21-23-25-27-31-35-39-43-47-53(58)55-51(50-56)52(57)46-42-38-34-30-14-12-10-8-6-4-2/h17,19,51-52,56-57H,3-16,18,20-50H2,1-2H3,(H,55,58)/b19-17-.